The number of nitrogens with one attached hydrogen (secondary N) is 1. The first-order valence-electron chi connectivity index (χ1n) is 5.67. The van der Waals surface area contributed by atoms with Crippen LogP contribution >= 0.6 is 15.9 Å². The fourth-order valence-electron chi connectivity index (χ4n) is 1.61. The van der Waals surface area contributed by atoms with Crippen molar-refractivity contribution in [2.24, 2.45) is 5.73 Å². The molecule has 0 saturated heterocycles. The number of rotatable bonds is 3. The molecular formula is C14H11BrN2O3. The third-order valence-electron chi connectivity index (χ3n) is 2.61. The van der Waals surface area contributed by atoms with Crippen LogP contribution in [0.15, 0.2) is 46.9 Å². The summed E-state index contributed by atoms with van der Waals surface area (Å²) < 4.78 is 0.504. The zero-order valence-electron chi connectivity index (χ0n) is 10.3. The van der Waals surface area contributed by atoms with Gasteiger partial charge in [0.15, 0.2) is 0 Å². The van der Waals surface area contributed by atoms with E-state index in [-0.39, 0.29) is 5.75 Å². The second-order valence-electron chi connectivity index (χ2n) is 4.07. The van der Waals surface area contributed by atoms with Crippen LogP contribution in [0.3, 0.4) is 0 Å². The third-order valence-corrected chi connectivity index (χ3v) is 3.28. The predicted octanol–water partition coefficient (Wildman–Crippen LogP) is 2.51. The Morgan fingerprint density at radius 3 is 2.50 bits per heavy atom. The highest BCUT2D eigenvalue weighted by atomic mass is 79.9. The number of halogens is 1. The van der Waals surface area contributed by atoms with Crippen molar-refractivity contribution in [3.63, 3.8) is 0 Å². The minimum atomic E-state index is -0.567. The van der Waals surface area contributed by atoms with E-state index in [1.165, 1.54) is 12.1 Å². The van der Waals surface area contributed by atoms with Gasteiger partial charge in [-0.1, -0.05) is 6.07 Å². The molecule has 0 fully saturated rings. The van der Waals surface area contributed by atoms with Crippen LogP contribution in [0.2, 0.25) is 0 Å². The Balaban J connectivity index is 2.21. The molecule has 0 atom stereocenters. The molecule has 5 nitrogen and oxygen atoms in total. The van der Waals surface area contributed by atoms with Crippen LogP contribution in [0.5, 0.6) is 5.75 Å². The summed E-state index contributed by atoms with van der Waals surface area (Å²) >= 11 is 3.14. The van der Waals surface area contributed by atoms with Crippen molar-refractivity contribution in [1.29, 1.82) is 0 Å². The summed E-state index contributed by atoms with van der Waals surface area (Å²) in [5.74, 6) is -0.986. The number of phenols is 1. The van der Waals surface area contributed by atoms with Gasteiger partial charge in [-0.05, 0) is 52.3 Å². The minimum absolute atomic E-state index is 0.0245. The molecule has 0 heterocycles. The molecule has 2 rings (SSSR count). The van der Waals surface area contributed by atoms with Gasteiger partial charge in [-0.25, -0.2) is 0 Å². The molecule has 102 valence electrons. The fourth-order valence-corrected chi connectivity index (χ4v) is 1.85. The Morgan fingerprint density at radius 2 is 1.85 bits per heavy atom. The molecule has 0 aromatic heterocycles. The molecule has 2 aromatic carbocycles. The molecule has 2 amide bonds. The number of aromatic hydroxyl groups is 1. The third kappa shape index (κ3) is 3.16. The van der Waals surface area contributed by atoms with E-state index in [2.05, 4.69) is 21.2 Å². The number of nitrogens with two attached hydrogens (primary N) is 1. The summed E-state index contributed by atoms with van der Waals surface area (Å²) in [6.07, 6.45) is 0. The van der Waals surface area contributed by atoms with Gasteiger partial charge < -0.3 is 16.2 Å². The van der Waals surface area contributed by atoms with Crippen molar-refractivity contribution in [3.8, 4) is 5.75 Å². The van der Waals surface area contributed by atoms with E-state index in [9.17, 15) is 14.7 Å². The number of anilines is 1. The fraction of sp³-hybridized carbons (Fsp3) is 0. The predicted molar refractivity (Wildman–Crippen MR) is 78.7 cm³/mol. The van der Waals surface area contributed by atoms with Crippen LogP contribution in [0, 0.1) is 0 Å². The summed E-state index contributed by atoms with van der Waals surface area (Å²) in [6, 6.07) is 10.8. The molecular weight excluding hydrogens is 324 g/mol. The molecule has 0 aliphatic carbocycles. The monoisotopic (exact) mass is 334 g/mol. The highest BCUT2D eigenvalue weighted by Crippen LogP contribution is 2.24. The maximum atomic E-state index is 12.0. The van der Waals surface area contributed by atoms with Gasteiger partial charge in [0.2, 0.25) is 5.91 Å². The van der Waals surface area contributed by atoms with E-state index >= 15 is 0 Å². The molecule has 20 heavy (non-hydrogen) atoms. The standard InChI is InChI=1S/C14H11BrN2O3/c15-11-5-4-9(7-12(11)18)14(20)17-10-3-1-2-8(6-10)13(16)19/h1-7,18H,(H2,16,19)(H,17,20). The van der Waals surface area contributed by atoms with Crippen molar-refractivity contribution >= 4 is 33.4 Å². The largest absolute Gasteiger partial charge is 0.507 e. The molecule has 2 aromatic rings. The first-order valence-corrected chi connectivity index (χ1v) is 6.46. The highest BCUT2D eigenvalue weighted by Gasteiger charge is 2.09. The van der Waals surface area contributed by atoms with E-state index < -0.39 is 11.8 Å². The van der Waals surface area contributed by atoms with Crippen molar-refractivity contribution in [1.82, 2.24) is 0 Å². The number of amides is 2. The number of benzene rings is 2. The summed E-state index contributed by atoms with van der Waals surface area (Å²) in [5, 5.41) is 12.2. The van der Waals surface area contributed by atoms with Gasteiger partial charge in [0, 0.05) is 16.8 Å². The smallest absolute Gasteiger partial charge is 0.255 e. The second-order valence-corrected chi connectivity index (χ2v) is 4.92. The van der Waals surface area contributed by atoms with E-state index in [4.69, 9.17) is 5.73 Å². The number of carbonyl (C=O) groups is 2. The Labute approximate surface area is 123 Å². The molecule has 0 spiro atoms. The van der Waals surface area contributed by atoms with Gasteiger partial charge in [0.25, 0.3) is 5.91 Å². The van der Waals surface area contributed by atoms with Crippen LogP contribution in [-0.4, -0.2) is 16.9 Å². The zero-order chi connectivity index (χ0) is 14.7. The molecule has 0 aliphatic heterocycles. The van der Waals surface area contributed by atoms with Crippen molar-refractivity contribution in [3.05, 3.63) is 58.1 Å². The number of primary amides is 1. The van der Waals surface area contributed by atoms with Crippen molar-refractivity contribution in [2.75, 3.05) is 5.32 Å². The first-order chi connectivity index (χ1) is 9.47. The van der Waals surface area contributed by atoms with Crippen molar-refractivity contribution < 1.29 is 14.7 Å². The molecule has 0 unspecified atom stereocenters. The van der Waals surface area contributed by atoms with E-state index in [0.717, 1.165) is 0 Å². The van der Waals surface area contributed by atoms with Crippen LogP contribution in [0.4, 0.5) is 5.69 Å². The van der Waals surface area contributed by atoms with E-state index in [1.807, 2.05) is 0 Å². The molecule has 0 bridgehead atoms. The molecule has 6 heteroatoms. The minimum Gasteiger partial charge on any atom is -0.507 e. The quantitative estimate of drug-likeness (QED) is 0.805. The van der Waals surface area contributed by atoms with Crippen molar-refractivity contribution in [2.45, 2.75) is 0 Å². The Morgan fingerprint density at radius 1 is 1.10 bits per heavy atom. The van der Waals surface area contributed by atoms with E-state index in [0.29, 0.717) is 21.3 Å². The normalized spacial score (nSPS) is 10.1. The maximum Gasteiger partial charge on any atom is 0.255 e. The first kappa shape index (κ1) is 14.1. The summed E-state index contributed by atoms with van der Waals surface area (Å²) in [6.45, 7) is 0. The number of phenolic OH excluding ortho intramolecular Hbond substituents is 1. The van der Waals surface area contributed by atoms with Gasteiger partial charge in [0.05, 0.1) is 4.47 Å². The highest BCUT2D eigenvalue weighted by molar-refractivity contribution is 9.10. The Kier molecular flexibility index (Phi) is 4.05. The molecule has 0 saturated carbocycles. The van der Waals surface area contributed by atoms with Crippen LogP contribution < -0.4 is 11.1 Å². The molecule has 0 radical (unpaired) electrons. The molecule has 4 N–H and O–H groups in total. The summed E-state index contributed by atoms with van der Waals surface area (Å²) in [7, 11) is 0. The zero-order valence-corrected chi connectivity index (χ0v) is 11.8. The van der Waals surface area contributed by atoms with Gasteiger partial charge in [-0.2, -0.15) is 0 Å². The Bertz CT molecular complexity index is 686. The number of hydrogen-bond donors (Lipinski definition) is 3. The maximum absolute atomic E-state index is 12.0. The van der Waals surface area contributed by atoms with Crippen LogP contribution in [0.1, 0.15) is 20.7 Å². The average Bonchev–Trinajstić information content (AvgIpc) is 2.42. The van der Waals surface area contributed by atoms with Gasteiger partial charge >= 0.3 is 0 Å². The lowest BCUT2D eigenvalue weighted by Gasteiger charge is -2.07. The van der Waals surface area contributed by atoms with Gasteiger partial charge in [-0.3, -0.25) is 9.59 Å². The topological polar surface area (TPSA) is 92.4 Å². The summed E-state index contributed by atoms with van der Waals surface area (Å²) in [4.78, 5) is 23.1. The van der Waals surface area contributed by atoms with Gasteiger partial charge in [0.1, 0.15) is 5.75 Å². The number of carbonyl (C=O) groups excluding carboxylic acids is 2. The van der Waals surface area contributed by atoms with Crippen LogP contribution in [-0.2, 0) is 0 Å². The lowest BCUT2D eigenvalue weighted by atomic mass is 10.1. The molecule has 0 aliphatic rings. The second kappa shape index (κ2) is 5.75. The van der Waals surface area contributed by atoms with Gasteiger partial charge in [-0.15, -0.1) is 0 Å². The Hall–Kier alpha value is -2.34. The van der Waals surface area contributed by atoms with E-state index in [1.54, 1.807) is 30.3 Å². The lowest BCUT2D eigenvalue weighted by molar-refractivity contribution is 0.0996. The van der Waals surface area contributed by atoms with Crippen LogP contribution in [0.25, 0.3) is 0 Å². The SMILES string of the molecule is NC(=O)c1cccc(NC(=O)c2ccc(Br)c(O)c2)c1. The average molecular weight is 335 g/mol. The lowest BCUT2D eigenvalue weighted by Crippen LogP contribution is -2.14. The number of hydrogen-bond acceptors (Lipinski definition) is 3. The summed E-state index contributed by atoms with van der Waals surface area (Å²) in [5.41, 5.74) is 6.23.